The third kappa shape index (κ3) is 1.20. The standard InChI is InChI=1S/C12H13FN2/c1-15-11-4-5-14-7-10(11)9-3-2-8(13)6-12(9)15/h2-3,6,14H,4-5,7H2,1H3. The molecule has 3 rings (SSSR count). The molecule has 0 radical (unpaired) electrons. The van der Waals surface area contributed by atoms with Crippen LogP contribution in [-0.2, 0) is 20.0 Å². The van der Waals surface area contributed by atoms with Crippen LogP contribution in [0.2, 0.25) is 0 Å². The highest BCUT2D eigenvalue weighted by Crippen LogP contribution is 2.27. The third-order valence-corrected chi connectivity index (χ3v) is 3.24. The highest BCUT2D eigenvalue weighted by molar-refractivity contribution is 5.85. The summed E-state index contributed by atoms with van der Waals surface area (Å²) >= 11 is 0. The van der Waals surface area contributed by atoms with Crippen molar-refractivity contribution in [1.82, 2.24) is 9.88 Å². The molecule has 0 aliphatic carbocycles. The van der Waals surface area contributed by atoms with Gasteiger partial charge in [0.1, 0.15) is 5.82 Å². The minimum atomic E-state index is -0.159. The van der Waals surface area contributed by atoms with E-state index in [1.54, 1.807) is 6.07 Å². The molecule has 2 heterocycles. The number of aryl methyl sites for hydroxylation is 1. The molecule has 0 spiro atoms. The predicted octanol–water partition coefficient (Wildman–Crippen LogP) is 1.96. The number of hydrogen-bond donors (Lipinski definition) is 1. The molecule has 0 saturated carbocycles. The zero-order valence-electron chi connectivity index (χ0n) is 8.68. The molecule has 1 aliphatic rings. The molecule has 3 heteroatoms. The van der Waals surface area contributed by atoms with E-state index in [9.17, 15) is 4.39 Å². The van der Waals surface area contributed by atoms with Crippen LogP contribution in [0.15, 0.2) is 18.2 Å². The molecule has 0 fully saturated rings. The number of aromatic nitrogens is 1. The van der Waals surface area contributed by atoms with Crippen molar-refractivity contribution >= 4 is 10.9 Å². The largest absolute Gasteiger partial charge is 0.347 e. The molecule has 0 saturated heterocycles. The molecule has 1 aliphatic heterocycles. The van der Waals surface area contributed by atoms with E-state index in [1.807, 2.05) is 13.1 Å². The van der Waals surface area contributed by atoms with Gasteiger partial charge in [0.15, 0.2) is 0 Å². The zero-order chi connectivity index (χ0) is 10.4. The highest BCUT2D eigenvalue weighted by atomic mass is 19.1. The maximum Gasteiger partial charge on any atom is 0.125 e. The Hall–Kier alpha value is -1.35. The van der Waals surface area contributed by atoms with E-state index < -0.39 is 0 Å². The number of fused-ring (bicyclic) bond motifs is 3. The van der Waals surface area contributed by atoms with Gasteiger partial charge in [-0.2, -0.15) is 0 Å². The van der Waals surface area contributed by atoms with Crippen molar-refractivity contribution in [3.05, 3.63) is 35.3 Å². The summed E-state index contributed by atoms with van der Waals surface area (Å²) in [5.41, 5.74) is 3.68. The second kappa shape index (κ2) is 3.07. The fourth-order valence-corrected chi connectivity index (χ4v) is 2.48. The van der Waals surface area contributed by atoms with Crippen molar-refractivity contribution < 1.29 is 4.39 Å². The Kier molecular flexibility index (Phi) is 1.83. The van der Waals surface area contributed by atoms with E-state index in [0.29, 0.717) is 0 Å². The average molecular weight is 204 g/mol. The number of nitrogens with zero attached hydrogens (tertiary/aromatic N) is 1. The maximum atomic E-state index is 13.2. The van der Waals surface area contributed by atoms with Crippen LogP contribution in [-0.4, -0.2) is 11.1 Å². The lowest BCUT2D eigenvalue weighted by molar-refractivity contribution is 0.620. The summed E-state index contributed by atoms with van der Waals surface area (Å²) in [5.74, 6) is -0.159. The van der Waals surface area contributed by atoms with Crippen LogP contribution < -0.4 is 5.32 Å². The average Bonchev–Trinajstić information content (AvgIpc) is 2.54. The van der Waals surface area contributed by atoms with Gasteiger partial charge in [-0.3, -0.25) is 0 Å². The minimum Gasteiger partial charge on any atom is -0.347 e. The molecule has 15 heavy (non-hydrogen) atoms. The second-order valence-electron chi connectivity index (χ2n) is 4.07. The van der Waals surface area contributed by atoms with Gasteiger partial charge in [0.05, 0.1) is 5.52 Å². The molecule has 2 aromatic rings. The van der Waals surface area contributed by atoms with E-state index in [1.165, 1.54) is 22.7 Å². The molecule has 1 aromatic heterocycles. The van der Waals surface area contributed by atoms with E-state index in [0.717, 1.165) is 25.0 Å². The molecule has 2 nitrogen and oxygen atoms in total. The fourth-order valence-electron chi connectivity index (χ4n) is 2.48. The summed E-state index contributed by atoms with van der Waals surface area (Å²) in [6.45, 7) is 1.91. The SMILES string of the molecule is Cn1c2c(c3ccc(F)cc31)CNCC2. The molecule has 0 bridgehead atoms. The predicted molar refractivity (Wildman–Crippen MR) is 58.3 cm³/mol. The fraction of sp³-hybridized carbons (Fsp3) is 0.333. The van der Waals surface area contributed by atoms with Crippen molar-refractivity contribution in [3.8, 4) is 0 Å². The number of nitrogens with one attached hydrogen (secondary N) is 1. The van der Waals surface area contributed by atoms with Crippen LogP contribution in [0.3, 0.4) is 0 Å². The summed E-state index contributed by atoms with van der Waals surface area (Å²) in [4.78, 5) is 0. The van der Waals surface area contributed by atoms with Gasteiger partial charge in [-0.25, -0.2) is 4.39 Å². The Morgan fingerprint density at radius 1 is 1.40 bits per heavy atom. The van der Waals surface area contributed by atoms with Crippen LogP contribution in [0.4, 0.5) is 4.39 Å². The van der Waals surface area contributed by atoms with Gasteiger partial charge in [-0.05, 0) is 23.8 Å². The molecule has 0 amide bonds. The molecule has 0 unspecified atom stereocenters. The minimum absolute atomic E-state index is 0.159. The molecular weight excluding hydrogens is 191 g/mol. The quantitative estimate of drug-likeness (QED) is 0.694. The van der Waals surface area contributed by atoms with Crippen LogP contribution in [0.5, 0.6) is 0 Å². The Morgan fingerprint density at radius 2 is 2.27 bits per heavy atom. The van der Waals surface area contributed by atoms with E-state index >= 15 is 0 Å². The molecular formula is C12H13FN2. The number of hydrogen-bond acceptors (Lipinski definition) is 1. The van der Waals surface area contributed by atoms with Gasteiger partial charge < -0.3 is 9.88 Å². The van der Waals surface area contributed by atoms with Crippen molar-refractivity contribution in [3.63, 3.8) is 0 Å². The van der Waals surface area contributed by atoms with E-state index in [-0.39, 0.29) is 5.82 Å². The third-order valence-electron chi connectivity index (χ3n) is 3.24. The lowest BCUT2D eigenvalue weighted by Crippen LogP contribution is -2.24. The Morgan fingerprint density at radius 3 is 3.13 bits per heavy atom. The van der Waals surface area contributed by atoms with E-state index in [4.69, 9.17) is 0 Å². The Labute approximate surface area is 87.7 Å². The van der Waals surface area contributed by atoms with Crippen LogP contribution >= 0.6 is 0 Å². The van der Waals surface area contributed by atoms with Crippen LogP contribution in [0, 0.1) is 5.82 Å². The normalized spacial score (nSPS) is 15.6. The smallest absolute Gasteiger partial charge is 0.125 e. The molecule has 78 valence electrons. The van der Waals surface area contributed by atoms with E-state index in [2.05, 4.69) is 9.88 Å². The van der Waals surface area contributed by atoms with Gasteiger partial charge >= 0.3 is 0 Å². The zero-order valence-corrected chi connectivity index (χ0v) is 8.68. The Balaban J connectivity index is 2.38. The molecule has 1 aromatic carbocycles. The van der Waals surface area contributed by atoms with Crippen LogP contribution in [0.1, 0.15) is 11.3 Å². The van der Waals surface area contributed by atoms with Crippen molar-refractivity contribution in [2.75, 3.05) is 6.54 Å². The first-order chi connectivity index (χ1) is 7.27. The topological polar surface area (TPSA) is 17.0 Å². The maximum absolute atomic E-state index is 13.2. The summed E-state index contributed by atoms with van der Waals surface area (Å²) < 4.78 is 15.3. The summed E-state index contributed by atoms with van der Waals surface area (Å²) in [6, 6.07) is 5.04. The second-order valence-corrected chi connectivity index (χ2v) is 4.07. The summed E-state index contributed by atoms with van der Waals surface area (Å²) in [6.07, 6.45) is 1.03. The van der Waals surface area contributed by atoms with Gasteiger partial charge in [-0.15, -0.1) is 0 Å². The van der Waals surface area contributed by atoms with Crippen molar-refractivity contribution in [1.29, 1.82) is 0 Å². The first-order valence-corrected chi connectivity index (χ1v) is 5.24. The van der Waals surface area contributed by atoms with Gasteiger partial charge in [0.2, 0.25) is 0 Å². The molecule has 1 N–H and O–H groups in total. The molecule has 0 atom stereocenters. The van der Waals surface area contributed by atoms with Gasteiger partial charge in [0.25, 0.3) is 0 Å². The lowest BCUT2D eigenvalue weighted by atomic mass is 10.1. The highest BCUT2D eigenvalue weighted by Gasteiger charge is 2.17. The van der Waals surface area contributed by atoms with Crippen molar-refractivity contribution in [2.24, 2.45) is 7.05 Å². The van der Waals surface area contributed by atoms with Crippen LogP contribution in [0.25, 0.3) is 10.9 Å². The number of rotatable bonds is 0. The monoisotopic (exact) mass is 204 g/mol. The lowest BCUT2D eigenvalue weighted by Gasteiger charge is -2.14. The Bertz CT molecular complexity index is 528. The van der Waals surface area contributed by atoms with Gasteiger partial charge in [0, 0.05) is 37.6 Å². The summed E-state index contributed by atoms with van der Waals surface area (Å²) in [5, 5.41) is 4.54. The number of benzene rings is 1. The van der Waals surface area contributed by atoms with Gasteiger partial charge in [-0.1, -0.05) is 0 Å². The summed E-state index contributed by atoms with van der Waals surface area (Å²) in [7, 11) is 2.02. The first kappa shape index (κ1) is 8.92. The van der Waals surface area contributed by atoms with Crippen molar-refractivity contribution in [2.45, 2.75) is 13.0 Å². The first-order valence-electron chi connectivity index (χ1n) is 5.24. The number of halogens is 1.